The second kappa shape index (κ2) is 13.6. The molecule has 1 aliphatic heterocycles. The lowest BCUT2D eigenvalue weighted by Gasteiger charge is -2.66. The number of esters is 2. The molecule has 1 aromatic heterocycles. The van der Waals surface area contributed by atoms with Crippen molar-refractivity contribution in [1.29, 1.82) is 0 Å². The standard InChI is InChI=1S/C39H49NO14/c1-19-22(52-33(46)28(43)26(21-14-11-15-50-21)40-34(47)54-35(2,3)4)17-39(49)31(53-32(45)20-12-9-8-10-13-20)29-37(7,23(41)16-24-38(29,48)18-51-24)30(44)27(42)25(19)36(39,5)6/h8-15,22-24,26-29,31,41-43,48-49H,16-18H2,1-7H3,(H,40,47)/t22-,23-,24+,26-,27+,28+,29-,31-,37+,38-,39+/m0/s1. The van der Waals surface area contributed by atoms with Gasteiger partial charge in [0.25, 0.3) is 0 Å². The number of fused-ring (bicyclic) bond motifs is 5. The molecule has 4 aliphatic rings. The molecule has 2 heterocycles. The number of ether oxygens (including phenoxy) is 4. The highest BCUT2D eigenvalue weighted by atomic mass is 16.6. The Kier molecular flexibility index (Phi) is 9.94. The van der Waals surface area contributed by atoms with Crippen molar-refractivity contribution < 1.29 is 68.1 Å². The summed E-state index contributed by atoms with van der Waals surface area (Å²) in [6.07, 6.45) is -10.2. The molecular weight excluding hydrogens is 706 g/mol. The largest absolute Gasteiger partial charge is 0.467 e. The summed E-state index contributed by atoms with van der Waals surface area (Å²) >= 11 is 0. The zero-order valence-corrected chi connectivity index (χ0v) is 31.3. The number of aliphatic hydroxyl groups is 5. The van der Waals surface area contributed by atoms with Crippen molar-refractivity contribution in [2.24, 2.45) is 16.7 Å². The predicted molar refractivity (Wildman–Crippen MR) is 186 cm³/mol. The molecule has 1 amide bonds. The van der Waals surface area contributed by atoms with Crippen LogP contribution in [0, 0.1) is 16.7 Å². The monoisotopic (exact) mass is 755 g/mol. The van der Waals surface area contributed by atoms with E-state index in [2.05, 4.69) is 5.32 Å². The summed E-state index contributed by atoms with van der Waals surface area (Å²) in [7, 11) is 0. The van der Waals surface area contributed by atoms with Gasteiger partial charge in [0.1, 0.15) is 46.9 Å². The molecule has 0 unspecified atom stereocenters. The third-order valence-corrected chi connectivity index (χ3v) is 12.0. The number of amides is 1. The normalized spacial score (nSPS) is 35.5. The molecule has 0 spiro atoms. The van der Waals surface area contributed by atoms with Gasteiger partial charge in [-0.25, -0.2) is 14.4 Å². The van der Waals surface area contributed by atoms with Gasteiger partial charge >= 0.3 is 18.0 Å². The van der Waals surface area contributed by atoms with Gasteiger partial charge in [0, 0.05) is 24.2 Å². The molecule has 2 aromatic rings. The van der Waals surface area contributed by atoms with E-state index in [0.717, 1.165) is 0 Å². The van der Waals surface area contributed by atoms with Crippen LogP contribution in [0.3, 0.4) is 0 Å². The molecule has 1 saturated heterocycles. The van der Waals surface area contributed by atoms with Crippen molar-refractivity contribution >= 4 is 23.8 Å². The highest BCUT2D eigenvalue weighted by Crippen LogP contribution is 2.63. The minimum atomic E-state index is -2.32. The van der Waals surface area contributed by atoms with Crippen molar-refractivity contribution in [3.63, 3.8) is 0 Å². The van der Waals surface area contributed by atoms with Crippen LogP contribution in [-0.2, 0) is 28.5 Å². The Hall–Kier alpha value is -4.12. The van der Waals surface area contributed by atoms with E-state index in [0.29, 0.717) is 0 Å². The maximum absolute atomic E-state index is 14.7. The third kappa shape index (κ3) is 6.24. The lowest BCUT2D eigenvalue weighted by molar-refractivity contribution is -0.343. The van der Waals surface area contributed by atoms with Crippen LogP contribution in [0.5, 0.6) is 0 Å². The van der Waals surface area contributed by atoms with Crippen molar-refractivity contribution in [2.75, 3.05) is 6.61 Å². The van der Waals surface area contributed by atoms with Crippen molar-refractivity contribution in [3.05, 3.63) is 71.2 Å². The first-order valence-electron chi connectivity index (χ1n) is 17.9. The van der Waals surface area contributed by atoms with Gasteiger partial charge in [-0.1, -0.05) is 32.0 Å². The number of hydrogen-bond donors (Lipinski definition) is 6. The molecule has 6 N–H and O–H groups in total. The van der Waals surface area contributed by atoms with E-state index < -0.39 is 106 Å². The Morgan fingerprint density at radius 1 is 1.00 bits per heavy atom. The molecule has 1 aromatic carbocycles. The first kappa shape index (κ1) is 39.6. The van der Waals surface area contributed by atoms with E-state index in [1.165, 1.54) is 58.2 Å². The average Bonchev–Trinajstić information content (AvgIpc) is 3.63. The van der Waals surface area contributed by atoms with Gasteiger partial charge < -0.3 is 54.2 Å². The average molecular weight is 756 g/mol. The summed E-state index contributed by atoms with van der Waals surface area (Å²) in [6.45, 7) is 10.5. The number of carbonyl (C=O) groups is 4. The first-order valence-corrected chi connectivity index (χ1v) is 17.9. The molecule has 54 heavy (non-hydrogen) atoms. The van der Waals surface area contributed by atoms with Gasteiger partial charge in [-0.2, -0.15) is 0 Å². The summed E-state index contributed by atoms with van der Waals surface area (Å²) < 4.78 is 28.4. The number of ketones is 1. The summed E-state index contributed by atoms with van der Waals surface area (Å²) in [4.78, 5) is 55.2. The summed E-state index contributed by atoms with van der Waals surface area (Å²) in [6, 6.07) is 9.26. The molecule has 15 heteroatoms. The van der Waals surface area contributed by atoms with E-state index in [-0.39, 0.29) is 35.5 Å². The fourth-order valence-electron chi connectivity index (χ4n) is 8.93. The Morgan fingerprint density at radius 2 is 1.67 bits per heavy atom. The number of benzene rings is 1. The lowest BCUT2D eigenvalue weighted by atomic mass is 9.44. The number of furan rings is 1. The maximum Gasteiger partial charge on any atom is 0.408 e. The maximum atomic E-state index is 14.7. The van der Waals surface area contributed by atoms with E-state index in [4.69, 9.17) is 23.4 Å². The van der Waals surface area contributed by atoms with Gasteiger partial charge in [-0.15, -0.1) is 0 Å². The van der Waals surface area contributed by atoms with Gasteiger partial charge in [-0.05, 0) is 70.0 Å². The number of nitrogens with one attached hydrogen (secondary N) is 1. The highest BCUT2D eigenvalue weighted by Gasteiger charge is 2.76. The number of aliphatic hydroxyl groups excluding tert-OH is 3. The molecule has 2 saturated carbocycles. The zero-order valence-electron chi connectivity index (χ0n) is 31.3. The van der Waals surface area contributed by atoms with Gasteiger partial charge in [-0.3, -0.25) is 4.79 Å². The highest BCUT2D eigenvalue weighted by molar-refractivity contribution is 5.94. The van der Waals surface area contributed by atoms with Crippen LogP contribution >= 0.6 is 0 Å². The van der Waals surface area contributed by atoms with Crippen LogP contribution in [0.2, 0.25) is 0 Å². The third-order valence-electron chi connectivity index (χ3n) is 12.0. The summed E-state index contributed by atoms with van der Waals surface area (Å²) in [5.41, 5.74) is -8.55. The summed E-state index contributed by atoms with van der Waals surface area (Å²) in [5, 5.41) is 62.8. The van der Waals surface area contributed by atoms with Crippen LogP contribution in [0.4, 0.5) is 4.79 Å². The van der Waals surface area contributed by atoms with Crippen LogP contribution in [0.1, 0.15) is 83.5 Å². The Labute approximate surface area is 312 Å². The smallest absolute Gasteiger partial charge is 0.408 e. The molecule has 2 bridgehead atoms. The zero-order chi connectivity index (χ0) is 39.8. The van der Waals surface area contributed by atoms with Gasteiger partial charge in [0.05, 0.1) is 36.1 Å². The topological polar surface area (TPSA) is 232 Å². The van der Waals surface area contributed by atoms with Crippen LogP contribution in [0.15, 0.2) is 64.3 Å². The molecule has 294 valence electrons. The Bertz CT molecular complexity index is 1820. The molecule has 0 radical (unpaired) electrons. The SMILES string of the molecule is CC1=C2[C@@H](O)C(=O)[C@@]3(C)[C@H]([C@H](OC(=O)c4ccccc4)[C@](O)(C[C@@H]1OC(=O)[C@H](O)[C@@H](NC(=O)OC(C)(C)C)c1ccco1)C2(C)C)[C@]1(O)CO[C@@H]1C[C@@H]3O. The molecular formula is C39H49NO14. The fraction of sp³-hybridized carbons (Fsp3) is 0.590. The molecule has 3 aliphatic carbocycles. The Balaban J connectivity index is 1.45. The second-order valence-electron chi connectivity index (χ2n) is 16.6. The van der Waals surface area contributed by atoms with E-state index in [1.807, 2.05) is 0 Å². The minimum absolute atomic E-state index is 0.0106. The van der Waals surface area contributed by atoms with Gasteiger partial charge in [0.15, 0.2) is 11.9 Å². The Morgan fingerprint density at radius 3 is 2.24 bits per heavy atom. The van der Waals surface area contributed by atoms with Crippen LogP contribution < -0.4 is 5.32 Å². The number of Topliss-reactive ketones (excluding diaryl/α,β-unsaturated/α-hetero) is 1. The van der Waals surface area contributed by atoms with Gasteiger partial charge in [0.2, 0.25) is 0 Å². The molecule has 3 fully saturated rings. The molecule has 11 atom stereocenters. The van der Waals surface area contributed by atoms with Crippen LogP contribution in [0.25, 0.3) is 0 Å². The quantitative estimate of drug-likeness (QED) is 0.135. The van der Waals surface area contributed by atoms with Crippen molar-refractivity contribution in [3.8, 4) is 0 Å². The number of rotatable bonds is 7. The van der Waals surface area contributed by atoms with E-state index in [1.54, 1.807) is 39.0 Å². The van der Waals surface area contributed by atoms with E-state index >= 15 is 0 Å². The molecule has 6 rings (SSSR count). The van der Waals surface area contributed by atoms with Crippen molar-refractivity contribution in [1.82, 2.24) is 5.32 Å². The van der Waals surface area contributed by atoms with E-state index in [9.17, 15) is 44.7 Å². The first-order chi connectivity index (χ1) is 25.1. The predicted octanol–water partition coefficient (Wildman–Crippen LogP) is 2.28. The van der Waals surface area contributed by atoms with Crippen LogP contribution in [-0.4, -0.2) is 109 Å². The number of carbonyl (C=O) groups excluding carboxylic acids is 4. The summed E-state index contributed by atoms with van der Waals surface area (Å²) in [5.74, 6) is -4.64. The number of hydrogen-bond acceptors (Lipinski definition) is 14. The van der Waals surface area contributed by atoms with Crippen molar-refractivity contribution in [2.45, 2.75) is 121 Å². The lowest BCUT2D eigenvalue weighted by Crippen LogP contribution is -2.81. The molecule has 15 nitrogen and oxygen atoms in total. The second-order valence-corrected chi connectivity index (χ2v) is 16.6. The minimum Gasteiger partial charge on any atom is -0.467 e. The fourth-order valence-corrected chi connectivity index (χ4v) is 8.93. The number of alkyl carbamates (subject to hydrolysis) is 1.